The number of nitrogens with zero attached hydrogens (tertiary/aromatic N) is 4. The molecule has 8 nitrogen and oxygen atoms in total. The number of fused-ring (bicyclic) bond motifs is 1. The quantitative estimate of drug-likeness (QED) is 0.576. The summed E-state index contributed by atoms with van der Waals surface area (Å²) in [4.78, 5) is 33.0. The van der Waals surface area contributed by atoms with Crippen LogP contribution in [0.15, 0.2) is 58.3 Å². The van der Waals surface area contributed by atoms with Gasteiger partial charge in [-0.1, -0.05) is 35.9 Å². The van der Waals surface area contributed by atoms with Crippen LogP contribution in [0.2, 0.25) is 5.02 Å². The number of amides is 1. The lowest BCUT2D eigenvalue weighted by molar-refractivity contribution is 0.168. The van der Waals surface area contributed by atoms with E-state index in [1.165, 1.54) is 14.7 Å². The number of carbonyl (C=O) groups is 1. The molecule has 0 saturated carbocycles. The van der Waals surface area contributed by atoms with Gasteiger partial charge in [0.15, 0.2) is 5.49 Å². The van der Waals surface area contributed by atoms with Crippen molar-refractivity contribution in [2.24, 2.45) is 18.0 Å². The Morgan fingerprint density at radius 2 is 1.92 bits per heavy atom. The summed E-state index contributed by atoms with van der Waals surface area (Å²) in [7, 11) is 3.27. The van der Waals surface area contributed by atoms with Gasteiger partial charge in [-0.05, 0) is 67.0 Å². The Bertz CT molecular complexity index is 1440. The van der Waals surface area contributed by atoms with Crippen molar-refractivity contribution >= 4 is 23.8 Å². The fraction of sp³-hybridized carbons (Fsp3) is 0.370. The lowest BCUT2D eigenvalue weighted by Gasteiger charge is -2.32. The average Bonchev–Trinajstić information content (AvgIpc) is 3.17. The van der Waals surface area contributed by atoms with Crippen LogP contribution in [0.4, 0.5) is 4.79 Å². The highest BCUT2D eigenvalue weighted by molar-refractivity contribution is 6.30. The topological polar surface area (TPSA) is 80.9 Å². The minimum Gasteiger partial charge on any atom is -0.497 e. The highest BCUT2D eigenvalue weighted by Crippen LogP contribution is 2.23. The molecule has 5 rings (SSSR count). The number of hydrogen-bond donors (Lipinski definition) is 1. The smallest absolute Gasteiger partial charge is 0.338 e. The largest absolute Gasteiger partial charge is 0.497 e. The van der Waals surface area contributed by atoms with Crippen molar-refractivity contribution in [2.75, 3.05) is 20.2 Å². The van der Waals surface area contributed by atoms with Crippen molar-refractivity contribution in [1.29, 1.82) is 0 Å². The number of carbonyl (C=O) groups excluding carboxylic acids is 1. The summed E-state index contributed by atoms with van der Waals surface area (Å²) >= 11 is 5.98. The summed E-state index contributed by atoms with van der Waals surface area (Å²) in [6.45, 7) is 1.27. The number of hydrogen-bond acceptors (Lipinski definition) is 5. The first-order valence-electron chi connectivity index (χ1n) is 12.2. The first kappa shape index (κ1) is 24.2. The maximum atomic E-state index is 13.4. The highest BCUT2D eigenvalue weighted by Gasteiger charge is 2.27. The number of nitrogens with one attached hydrogen (secondary N) is 1. The fourth-order valence-electron chi connectivity index (χ4n) is 4.96. The van der Waals surface area contributed by atoms with E-state index in [0.717, 1.165) is 42.0 Å². The van der Waals surface area contributed by atoms with Gasteiger partial charge in [-0.15, -0.1) is 0 Å². The Labute approximate surface area is 214 Å². The lowest BCUT2D eigenvalue weighted by atomic mass is 9.90. The third kappa shape index (κ3) is 4.78. The normalized spacial score (nSPS) is 17.5. The second-order valence-corrected chi connectivity index (χ2v) is 9.82. The minimum atomic E-state index is -0.386. The number of rotatable bonds is 5. The first-order chi connectivity index (χ1) is 17.4. The molecule has 2 aliphatic heterocycles. The molecule has 0 spiro atoms. The summed E-state index contributed by atoms with van der Waals surface area (Å²) in [5.41, 5.74) is 2.28. The van der Waals surface area contributed by atoms with Crippen molar-refractivity contribution in [2.45, 2.75) is 31.8 Å². The van der Waals surface area contributed by atoms with Crippen molar-refractivity contribution in [3.05, 3.63) is 86.0 Å². The van der Waals surface area contributed by atoms with Crippen LogP contribution >= 0.6 is 11.6 Å². The Balaban J connectivity index is 1.29. The molecule has 1 saturated heterocycles. The summed E-state index contributed by atoms with van der Waals surface area (Å²) in [5.74, 6) is 1.28. The van der Waals surface area contributed by atoms with Crippen molar-refractivity contribution in [3.63, 3.8) is 0 Å². The molecule has 1 atom stereocenters. The van der Waals surface area contributed by atoms with Gasteiger partial charge in [-0.3, -0.25) is 4.57 Å². The standard InChI is InChI=1S/C27H30ClN5O3/c1-31-25-23(17-29-24(30-25)20-4-3-5-22(16-20)36-2)33(26(31)34)27(35)32-14-12-19(13-15-32)7-6-18-8-10-21(28)11-9-18/h3-5,8-11,16-17,19,24,29H,6-7,12-15H2,1-2H3. The van der Waals surface area contributed by atoms with E-state index in [2.05, 4.69) is 17.4 Å². The molecule has 1 N–H and O–H groups in total. The van der Waals surface area contributed by atoms with E-state index in [4.69, 9.17) is 21.3 Å². The molecule has 0 radical (unpaired) electrons. The predicted molar refractivity (Wildman–Crippen MR) is 139 cm³/mol. The van der Waals surface area contributed by atoms with Gasteiger partial charge in [0.05, 0.1) is 7.11 Å². The summed E-state index contributed by atoms with van der Waals surface area (Å²) in [6, 6.07) is 15.3. The summed E-state index contributed by atoms with van der Waals surface area (Å²) in [5, 5.41) is 4.46. The van der Waals surface area contributed by atoms with E-state index in [0.29, 0.717) is 29.8 Å². The van der Waals surface area contributed by atoms with E-state index in [-0.39, 0.29) is 17.9 Å². The Morgan fingerprint density at radius 3 is 2.64 bits per heavy atom. The summed E-state index contributed by atoms with van der Waals surface area (Å²) in [6.07, 6.45) is 5.26. The van der Waals surface area contributed by atoms with Gasteiger partial charge >= 0.3 is 11.7 Å². The van der Waals surface area contributed by atoms with Gasteiger partial charge < -0.3 is 15.0 Å². The van der Waals surface area contributed by atoms with E-state index < -0.39 is 0 Å². The number of benzene rings is 2. The molecule has 0 aliphatic carbocycles. The molecule has 2 aromatic carbocycles. The van der Waals surface area contributed by atoms with Gasteiger partial charge in [0, 0.05) is 31.4 Å². The van der Waals surface area contributed by atoms with Crippen LogP contribution in [0.5, 0.6) is 5.75 Å². The number of aryl methyl sites for hydroxylation is 1. The van der Waals surface area contributed by atoms with Crippen LogP contribution in [-0.4, -0.2) is 40.3 Å². The molecule has 1 amide bonds. The second kappa shape index (κ2) is 10.2. The predicted octanol–water partition coefficient (Wildman–Crippen LogP) is 2.82. The van der Waals surface area contributed by atoms with Crippen molar-refractivity contribution < 1.29 is 9.53 Å². The van der Waals surface area contributed by atoms with Gasteiger partial charge in [0.2, 0.25) is 0 Å². The number of ether oxygens (including phenoxy) is 1. The van der Waals surface area contributed by atoms with Crippen LogP contribution < -0.4 is 26.6 Å². The van der Waals surface area contributed by atoms with Gasteiger partial charge in [-0.2, -0.15) is 0 Å². The van der Waals surface area contributed by atoms with Gasteiger partial charge in [0.25, 0.3) is 0 Å². The van der Waals surface area contributed by atoms with Crippen LogP contribution in [0.3, 0.4) is 0 Å². The highest BCUT2D eigenvalue weighted by atomic mass is 35.5. The number of aromatic nitrogens is 2. The zero-order valence-electron chi connectivity index (χ0n) is 20.5. The molecule has 1 fully saturated rings. The van der Waals surface area contributed by atoms with Gasteiger partial charge in [0.1, 0.15) is 17.3 Å². The summed E-state index contributed by atoms with van der Waals surface area (Å²) < 4.78 is 8.00. The molecule has 1 unspecified atom stereocenters. The SMILES string of the molecule is COc1cccc(C2N=c3c(n(C(=O)N4CCC(CCc5ccc(Cl)cc5)CC4)c(=O)n3C)=CN2)c1. The van der Waals surface area contributed by atoms with E-state index in [1.807, 2.05) is 36.4 Å². The van der Waals surface area contributed by atoms with E-state index in [9.17, 15) is 9.59 Å². The maximum Gasteiger partial charge on any atom is 0.338 e. The molecule has 0 bridgehead atoms. The third-order valence-corrected chi connectivity index (χ3v) is 7.39. The molecule has 1 aromatic heterocycles. The van der Waals surface area contributed by atoms with E-state index in [1.54, 1.807) is 25.3 Å². The minimum absolute atomic E-state index is 0.291. The molecular formula is C27H30ClN5O3. The van der Waals surface area contributed by atoms with Gasteiger partial charge in [-0.25, -0.2) is 19.1 Å². The van der Waals surface area contributed by atoms with Crippen LogP contribution in [0, 0.1) is 5.92 Å². The molecule has 9 heteroatoms. The fourth-order valence-corrected chi connectivity index (χ4v) is 5.08. The number of halogens is 1. The molecular weight excluding hydrogens is 478 g/mol. The zero-order valence-corrected chi connectivity index (χ0v) is 21.2. The number of imidazole rings is 1. The Hall–Kier alpha value is -3.52. The van der Waals surface area contributed by atoms with E-state index >= 15 is 0 Å². The molecule has 3 heterocycles. The number of piperidine rings is 1. The number of likely N-dealkylation sites (tertiary alicyclic amines) is 1. The van der Waals surface area contributed by atoms with Crippen LogP contribution in [0.1, 0.15) is 36.6 Å². The second-order valence-electron chi connectivity index (χ2n) is 9.38. The van der Waals surface area contributed by atoms with Crippen LogP contribution in [0.25, 0.3) is 6.20 Å². The lowest BCUT2D eigenvalue weighted by Crippen LogP contribution is -2.49. The maximum absolute atomic E-state index is 13.4. The van der Waals surface area contributed by atoms with Crippen LogP contribution in [-0.2, 0) is 13.5 Å². The van der Waals surface area contributed by atoms with Crippen molar-refractivity contribution in [3.8, 4) is 5.75 Å². The first-order valence-corrected chi connectivity index (χ1v) is 12.6. The number of methoxy groups -OCH3 is 1. The third-order valence-electron chi connectivity index (χ3n) is 7.14. The average molecular weight is 508 g/mol. The zero-order chi connectivity index (χ0) is 25.2. The molecule has 3 aromatic rings. The molecule has 36 heavy (non-hydrogen) atoms. The van der Waals surface area contributed by atoms with Crippen molar-refractivity contribution in [1.82, 2.24) is 19.4 Å². The molecule has 188 valence electrons. The molecule has 2 aliphatic rings. The Kier molecular flexibility index (Phi) is 6.87. The monoisotopic (exact) mass is 507 g/mol. The Morgan fingerprint density at radius 1 is 1.17 bits per heavy atom.